The highest BCUT2D eigenvalue weighted by molar-refractivity contribution is 6.32. The van der Waals surface area contributed by atoms with Gasteiger partial charge in [-0.3, -0.25) is 0 Å². The van der Waals surface area contributed by atoms with Crippen LogP contribution in [0.5, 0.6) is 0 Å². The summed E-state index contributed by atoms with van der Waals surface area (Å²) in [5.41, 5.74) is 3.08. The van der Waals surface area contributed by atoms with Gasteiger partial charge in [0.15, 0.2) is 0 Å². The predicted octanol–water partition coefficient (Wildman–Crippen LogP) is 3.93. The molecule has 0 fully saturated rings. The van der Waals surface area contributed by atoms with Gasteiger partial charge in [0.1, 0.15) is 6.07 Å². The van der Waals surface area contributed by atoms with E-state index < -0.39 is 0 Å². The summed E-state index contributed by atoms with van der Waals surface area (Å²) in [5.74, 6) is 0.459. The Kier molecular flexibility index (Phi) is 2.83. The van der Waals surface area contributed by atoms with Crippen molar-refractivity contribution in [3.63, 3.8) is 0 Å². The maximum atomic E-state index is 9.03. The molecule has 0 saturated carbocycles. The molecule has 1 aromatic carbocycles. The Morgan fingerprint density at radius 1 is 1.47 bits per heavy atom. The molecule has 1 aliphatic heterocycles. The number of halogens is 1. The van der Waals surface area contributed by atoms with Gasteiger partial charge in [0, 0.05) is 18.3 Å². The van der Waals surface area contributed by atoms with E-state index in [-0.39, 0.29) is 5.54 Å². The highest BCUT2D eigenvalue weighted by Gasteiger charge is 2.34. The van der Waals surface area contributed by atoms with Gasteiger partial charge in [-0.25, -0.2) is 0 Å². The van der Waals surface area contributed by atoms with E-state index >= 15 is 0 Å². The number of hydrogen-bond acceptors (Lipinski definition) is 2. The summed E-state index contributed by atoms with van der Waals surface area (Å²) < 4.78 is 0. The van der Waals surface area contributed by atoms with E-state index in [1.165, 1.54) is 5.56 Å². The van der Waals surface area contributed by atoms with Crippen LogP contribution in [-0.4, -0.2) is 12.6 Å². The molecule has 0 spiro atoms. The summed E-state index contributed by atoms with van der Waals surface area (Å²) >= 11 is 6.12. The SMILES string of the molecule is CC1CC(C)(C)N(C)c2cc(Cl)c(C#N)cc21. The molecule has 1 unspecified atom stereocenters. The minimum absolute atomic E-state index is 0.129. The fourth-order valence-electron chi connectivity index (χ4n) is 2.67. The molecule has 1 heterocycles. The van der Waals surface area contributed by atoms with Crippen LogP contribution in [0.4, 0.5) is 5.69 Å². The Hall–Kier alpha value is -1.20. The minimum Gasteiger partial charge on any atom is -0.369 e. The van der Waals surface area contributed by atoms with Gasteiger partial charge in [0.05, 0.1) is 10.6 Å². The van der Waals surface area contributed by atoms with E-state index in [2.05, 4.69) is 38.8 Å². The summed E-state index contributed by atoms with van der Waals surface area (Å²) in [7, 11) is 2.09. The molecule has 3 heteroatoms. The highest BCUT2D eigenvalue weighted by atomic mass is 35.5. The van der Waals surface area contributed by atoms with E-state index in [1.54, 1.807) is 0 Å². The van der Waals surface area contributed by atoms with Crippen molar-refractivity contribution in [3.05, 3.63) is 28.3 Å². The first-order chi connectivity index (χ1) is 7.86. The first kappa shape index (κ1) is 12.3. The maximum absolute atomic E-state index is 9.03. The topological polar surface area (TPSA) is 27.0 Å². The third-order valence-corrected chi connectivity index (χ3v) is 4.16. The molecule has 0 aliphatic carbocycles. The van der Waals surface area contributed by atoms with E-state index in [0.29, 0.717) is 16.5 Å². The normalized spacial score (nSPS) is 21.9. The number of benzene rings is 1. The van der Waals surface area contributed by atoms with Gasteiger partial charge in [-0.2, -0.15) is 5.26 Å². The Morgan fingerprint density at radius 3 is 2.71 bits per heavy atom. The average molecular weight is 249 g/mol. The van der Waals surface area contributed by atoms with Crippen LogP contribution in [0, 0.1) is 11.3 Å². The Labute approximate surface area is 108 Å². The Bertz CT molecular complexity index is 500. The molecule has 0 bridgehead atoms. The van der Waals surface area contributed by atoms with Crippen LogP contribution in [0.2, 0.25) is 5.02 Å². The zero-order valence-corrected chi connectivity index (χ0v) is 11.5. The largest absolute Gasteiger partial charge is 0.369 e. The molecule has 1 aromatic rings. The first-order valence-electron chi connectivity index (χ1n) is 5.84. The van der Waals surface area contributed by atoms with E-state index in [0.717, 1.165) is 12.1 Å². The molecule has 2 nitrogen and oxygen atoms in total. The van der Waals surface area contributed by atoms with Crippen LogP contribution in [-0.2, 0) is 0 Å². The third-order valence-electron chi connectivity index (χ3n) is 3.84. The minimum atomic E-state index is 0.129. The van der Waals surface area contributed by atoms with Crippen molar-refractivity contribution in [2.75, 3.05) is 11.9 Å². The van der Waals surface area contributed by atoms with Gasteiger partial charge in [-0.1, -0.05) is 18.5 Å². The van der Waals surface area contributed by atoms with Crippen LogP contribution in [0.1, 0.15) is 44.2 Å². The van der Waals surface area contributed by atoms with Gasteiger partial charge in [-0.15, -0.1) is 0 Å². The standard InChI is InChI=1S/C14H17ClN2/c1-9-7-14(2,3)17(4)13-6-12(15)10(8-16)5-11(9)13/h5-6,9H,7H2,1-4H3. The summed E-state index contributed by atoms with van der Waals surface area (Å²) in [6.45, 7) is 6.68. The third kappa shape index (κ3) is 1.89. The second kappa shape index (κ2) is 3.92. The highest BCUT2D eigenvalue weighted by Crippen LogP contribution is 2.44. The van der Waals surface area contributed by atoms with Crippen LogP contribution < -0.4 is 4.90 Å². The number of nitriles is 1. The molecule has 0 radical (unpaired) electrons. The maximum Gasteiger partial charge on any atom is 0.101 e. The molecule has 1 atom stereocenters. The van der Waals surface area contributed by atoms with Crippen LogP contribution in [0.25, 0.3) is 0 Å². The second-order valence-electron chi connectivity index (χ2n) is 5.48. The van der Waals surface area contributed by atoms with Crippen molar-refractivity contribution in [2.24, 2.45) is 0 Å². The number of hydrogen-bond donors (Lipinski definition) is 0. The lowest BCUT2D eigenvalue weighted by Gasteiger charge is -2.45. The number of fused-ring (bicyclic) bond motifs is 1. The van der Waals surface area contributed by atoms with Crippen molar-refractivity contribution < 1.29 is 0 Å². The zero-order chi connectivity index (χ0) is 12.8. The van der Waals surface area contributed by atoms with Crippen molar-refractivity contribution >= 4 is 17.3 Å². The predicted molar refractivity (Wildman–Crippen MR) is 71.7 cm³/mol. The van der Waals surface area contributed by atoms with Crippen molar-refractivity contribution in [1.29, 1.82) is 5.26 Å². The molecule has 0 N–H and O–H groups in total. The molecule has 90 valence electrons. The fourth-order valence-corrected chi connectivity index (χ4v) is 2.87. The summed E-state index contributed by atoms with van der Waals surface area (Å²) in [6.07, 6.45) is 1.09. The lowest BCUT2D eigenvalue weighted by molar-refractivity contribution is 0.395. The second-order valence-corrected chi connectivity index (χ2v) is 5.89. The lowest BCUT2D eigenvalue weighted by atomic mass is 9.80. The van der Waals surface area contributed by atoms with Crippen molar-refractivity contribution in [2.45, 2.75) is 38.6 Å². The molecule has 1 aliphatic rings. The molecule has 17 heavy (non-hydrogen) atoms. The van der Waals surface area contributed by atoms with E-state index in [1.807, 2.05) is 12.1 Å². The van der Waals surface area contributed by atoms with Gasteiger partial charge in [0.25, 0.3) is 0 Å². The summed E-state index contributed by atoms with van der Waals surface area (Å²) in [4.78, 5) is 2.26. The zero-order valence-electron chi connectivity index (χ0n) is 10.7. The molecule has 0 saturated heterocycles. The number of anilines is 1. The fraction of sp³-hybridized carbons (Fsp3) is 0.500. The smallest absolute Gasteiger partial charge is 0.101 e. The number of rotatable bonds is 0. The first-order valence-corrected chi connectivity index (χ1v) is 6.22. The summed E-state index contributed by atoms with van der Waals surface area (Å²) in [6, 6.07) is 6.01. The van der Waals surface area contributed by atoms with Crippen LogP contribution in [0.15, 0.2) is 12.1 Å². The van der Waals surface area contributed by atoms with Gasteiger partial charge in [0.2, 0.25) is 0 Å². The molecule has 0 aromatic heterocycles. The van der Waals surface area contributed by atoms with Gasteiger partial charge < -0.3 is 4.90 Å². The monoisotopic (exact) mass is 248 g/mol. The molecule has 0 amide bonds. The van der Waals surface area contributed by atoms with Crippen LogP contribution >= 0.6 is 11.6 Å². The number of nitrogens with zero attached hydrogens (tertiary/aromatic N) is 2. The van der Waals surface area contributed by atoms with Gasteiger partial charge in [-0.05, 0) is 43.9 Å². The molecule has 2 rings (SSSR count). The van der Waals surface area contributed by atoms with Crippen molar-refractivity contribution in [1.82, 2.24) is 0 Å². The average Bonchev–Trinajstić information content (AvgIpc) is 2.25. The molecular formula is C14H17ClN2. The van der Waals surface area contributed by atoms with Gasteiger partial charge >= 0.3 is 0 Å². The van der Waals surface area contributed by atoms with Crippen LogP contribution in [0.3, 0.4) is 0 Å². The quantitative estimate of drug-likeness (QED) is 0.696. The Morgan fingerprint density at radius 2 is 2.12 bits per heavy atom. The lowest BCUT2D eigenvalue weighted by Crippen LogP contribution is -2.45. The van der Waals surface area contributed by atoms with Crippen molar-refractivity contribution in [3.8, 4) is 6.07 Å². The Balaban J connectivity index is 2.63. The molecular weight excluding hydrogens is 232 g/mol. The van der Waals surface area contributed by atoms with E-state index in [4.69, 9.17) is 16.9 Å². The van der Waals surface area contributed by atoms with E-state index in [9.17, 15) is 0 Å². The summed E-state index contributed by atoms with van der Waals surface area (Å²) in [5, 5.41) is 9.57.